The monoisotopic (exact) mass is 527 g/mol. The number of carbonyl (C=O) groups excluding carboxylic acids is 1. The molecule has 4 aromatic rings. The number of carbonyl (C=O) groups is 1. The first-order valence-electron chi connectivity index (χ1n) is 12.0. The van der Waals surface area contributed by atoms with Gasteiger partial charge in [-0.05, 0) is 24.6 Å². The zero-order valence-corrected chi connectivity index (χ0v) is 20.4. The highest BCUT2D eigenvalue weighted by atomic mass is 19.4. The van der Waals surface area contributed by atoms with Gasteiger partial charge in [0.05, 0.1) is 24.9 Å². The fourth-order valence-corrected chi connectivity index (χ4v) is 5.24. The number of nitrogens with zero attached hydrogens (tertiary/aromatic N) is 4. The van der Waals surface area contributed by atoms with Crippen molar-refractivity contribution >= 4 is 11.6 Å². The van der Waals surface area contributed by atoms with Gasteiger partial charge in [-0.15, -0.1) is 0 Å². The van der Waals surface area contributed by atoms with E-state index in [0.717, 1.165) is 4.68 Å². The number of nitrogens with one attached hydrogen (secondary N) is 1. The van der Waals surface area contributed by atoms with E-state index in [2.05, 4.69) is 10.4 Å². The topological polar surface area (TPSA) is 103 Å². The minimum atomic E-state index is -4.62. The predicted molar refractivity (Wildman–Crippen MR) is 129 cm³/mol. The second-order valence-corrected chi connectivity index (χ2v) is 9.54. The van der Waals surface area contributed by atoms with Crippen LogP contribution in [-0.2, 0) is 22.7 Å². The van der Waals surface area contributed by atoms with Crippen LogP contribution in [0.2, 0.25) is 0 Å². The van der Waals surface area contributed by atoms with Crippen LogP contribution in [0.15, 0.2) is 48.8 Å². The van der Waals surface area contributed by atoms with E-state index in [1.54, 1.807) is 47.0 Å². The van der Waals surface area contributed by atoms with Gasteiger partial charge in [-0.25, -0.2) is 4.98 Å². The third kappa shape index (κ3) is 4.05. The molecular formula is C26H24F3N5O4. The number of hydrogen-bond acceptors (Lipinski definition) is 6. The van der Waals surface area contributed by atoms with E-state index < -0.39 is 36.2 Å². The molecule has 2 fully saturated rings. The minimum absolute atomic E-state index is 0.0385. The van der Waals surface area contributed by atoms with Gasteiger partial charge in [-0.1, -0.05) is 24.3 Å². The lowest BCUT2D eigenvalue weighted by Gasteiger charge is -2.17. The molecule has 1 amide bonds. The third-order valence-electron chi connectivity index (χ3n) is 7.04. The highest BCUT2D eigenvalue weighted by Gasteiger charge is 2.47. The fourth-order valence-electron chi connectivity index (χ4n) is 5.24. The average molecular weight is 528 g/mol. The number of halogens is 3. The van der Waals surface area contributed by atoms with Crippen LogP contribution in [-0.4, -0.2) is 67.7 Å². The Kier molecular flexibility index (Phi) is 5.78. The number of imidazole rings is 1. The molecule has 12 heteroatoms. The van der Waals surface area contributed by atoms with E-state index in [1.165, 1.54) is 13.2 Å². The summed E-state index contributed by atoms with van der Waals surface area (Å²) >= 11 is 0. The number of aromatic nitrogens is 4. The first-order valence-corrected chi connectivity index (χ1v) is 12.0. The SMILES string of the molecule is Cc1c(-c2ccccc2-c2cn(C)nc2C(F)(F)F)nc2cc(C(=O)N[C@H]3CO[C@H]4[C@@H]3OC[C@H]4O)ccn12. The number of amides is 1. The molecule has 0 aliphatic carbocycles. The summed E-state index contributed by atoms with van der Waals surface area (Å²) in [4.78, 5) is 17.7. The van der Waals surface area contributed by atoms with E-state index in [-0.39, 0.29) is 24.7 Å². The lowest BCUT2D eigenvalue weighted by Crippen LogP contribution is -2.44. The van der Waals surface area contributed by atoms with Gasteiger partial charge in [0.25, 0.3) is 5.91 Å². The first-order chi connectivity index (χ1) is 18.1. The molecule has 0 saturated carbocycles. The van der Waals surface area contributed by atoms with Crippen molar-refractivity contribution in [2.45, 2.75) is 37.5 Å². The molecule has 198 valence electrons. The van der Waals surface area contributed by atoms with Gasteiger partial charge in [0.15, 0.2) is 5.69 Å². The maximum Gasteiger partial charge on any atom is 0.435 e. The Bertz CT molecular complexity index is 1550. The van der Waals surface area contributed by atoms with Crippen molar-refractivity contribution in [2.75, 3.05) is 13.2 Å². The Labute approximate surface area is 214 Å². The first kappa shape index (κ1) is 24.6. The number of aliphatic hydroxyl groups excluding tert-OH is 1. The van der Waals surface area contributed by atoms with Gasteiger partial charge in [0.2, 0.25) is 0 Å². The zero-order valence-electron chi connectivity index (χ0n) is 20.4. The Morgan fingerprint density at radius 1 is 1.11 bits per heavy atom. The van der Waals surface area contributed by atoms with Crippen LogP contribution in [0.4, 0.5) is 13.2 Å². The maximum atomic E-state index is 13.7. The number of aryl methyl sites for hydroxylation is 2. The van der Waals surface area contributed by atoms with Gasteiger partial charge >= 0.3 is 6.18 Å². The summed E-state index contributed by atoms with van der Waals surface area (Å²) in [5.41, 5.74) is 1.89. The number of hydrogen-bond donors (Lipinski definition) is 2. The number of aliphatic hydroxyl groups is 1. The van der Waals surface area contributed by atoms with Crippen molar-refractivity contribution in [1.82, 2.24) is 24.5 Å². The van der Waals surface area contributed by atoms with E-state index in [9.17, 15) is 23.1 Å². The van der Waals surface area contributed by atoms with E-state index in [0.29, 0.717) is 33.7 Å². The van der Waals surface area contributed by atoms with Crippen molar-refractivity contribution in [3.8, 4) is 22.4 Å². The number of pyridine rings is 1. The van der Waals surface area contributed by atoms with Crippen molar-refractivity contribution in [3.63, 3.8) is 0 Å². The number of ether oxygens (including phenoxy) is 2. The van der Waals surface area contributed by atoms with E-state index in [4.69, 9.17) is 14.5 Å². The fraction of sp³-hybridized carbons (Fsp3) is 0.346. The highest BCUT2D eigenvalue weighted by Crippen LogP contribution is 2.40. The normalized spacial score (nSPS) is 23.2. The molecule has 0 unspecified atom stereocenters. The molecule has 6 rings (SSSR count). The highest BCUT2D eigenvalue weighted by molar-refractivity contribution is 5.95. The van der Waals surface area contributed by atoms with Crippen molar-refractivity contribution in [3.05, 3.63) is 65.7 Å². The van der Waals surface area contributed by atoms with Crippen LogP contribution < -0.4 is 5.32 Å². The van der Waals surface area contributed by atoms with Gasteiger partial charge < -0.3 is 24.3 Å². The van der Waals surface area contributed by atoms with Crippen molar-refractivity contribution < 1.29 is 32.5 Å². The van der Waals surface area contributed by atoms with Gasteiger partial charge in [0, 0.05) is 41.8 Å². The van der Waals surface area contributed by atoms with Crippen molar-refractivity contribution in [2.24, 2.45) is 7.05 Å². The Morgan fingerprint density at radius 3 is 2.61 bits per heavy atom. The molecule has 9 nitrogen and oxygen atoms in total. The standard InChI is InChI=1S/C26H24F3N5O4/c1-13-21(16-6-4-3-5-15(16)17-10-33(2)32-24(17)26(27,28)29)31-20-9-14(7-8-34(13)20)25(36)30-18-11-37-23-19(35)12-38-22(18)23/h3-10,18-19,22-23,35H,11-12H2,1-2H3,(H,30,36)/t18-,19+,22+,23+/m0/s1. The number of benzene rings is 1. The maximum absolute atomic E-state index is 13.7. The molecule has 2 aliphatic rings. The van der Waals surface area contributed by atoms with Gasteiger partial charge in [-0.3, -0.25) is 9.48 Å². The van der Waals surface area contributed by atoms with Crippen LogP contribution in [0, 0.1) is 6.92 Å². The van der Waals surface area contributed by atoms with Crippen molar-refractivity contribution in [1.29, 1.82) is 0 Å². The summed E-state index contributed by atoms with van der Waals surface area (Å²) in [5.74, 6) is -0.348. The van der Waals surface area contributed by atoms with E-state index in [1.807, 2.05) is 6.92 Å². The lowest BCUT2D eigenvalue weighted by molar-refractivity contribution is -0.140. The van der Waals surface area contributed by atoms with E-state index >= 15 is 0 Å². The number of alkyl halides is 3. The molecule has 0 radical (unpaired) electrons. The molecule has 1 aromatic carbocycles. The summed E-state index contributed by atoms with van der Waals surface area (Å²) in [5, 5.41) is 16.5. The van der Waals surface area contributed by atoms with Crippen LogP contribution in [0.25, 0.3) is 28.0 Å². The lowest BCUT2D eigenvalue weighted by atomic mass is 9.97. The molecule has 38 heavy (non-hydrogen) atoms. The Morgan fingerprint density at radius 2 is 1.84 bits per heavy atom. The van der Waals surface area contributed by atoms with Gasteiger partial charge in [-0.2, -0.15) is 18.3 Å². The molecule has 2 saturated heterocycles. The smallest absolute Gasteiger partial charge is 0.388 e. The Balaban J connectivity index is 1.34. The molecule has 2 aliphatic heterocycles. The third-order valence-corrected chi connectivity index (χ3v) is 7.04. The minimum Gasteiger partial charge on any atom is -0.388 e. The molecule has 0 spiro atoms. The molecule has 4 atom stereocenters. The number of rotatable bonds is 4. The molecule has 5 heterocycles. The summed E-state index contributed by atoms with van der Waals surface area (Å²) < 4.78 is 55.2. The number of fused-ring (bicyclic) bond motifs is 2. The van der Waals surface area contributed by atoms with Crippen LogP contribution in [0.5, 0.6) is 0 Å². The zero-order chi connectivity index (χ0) is 26.8. The molecule has 3 aromatic heterocycles. The summed E-state index contributed by atoms with van der Waals surface area (Å²) in [7, 11) is 1.45. The second kappa shape index (κ2) is 8.93. The average Bonchev–Trinajstić information content (AvgIpc) is 3.64. The Hall–Kier alpha value is -3.74. The van der Waals surface area contributed by atoms with Crippen LogP contribution in [0.1, 0.15) is 21.7 Å². The quantitative estimate of drug-likeness (QED) is 0.423. The largest absolute Gasteiger partial charge is 0.435 e. The van der Waals surface area contributed by atoms with Crippen LogP contribution in [0.3, 0.4) is 0 Å². The molecule has 2 N–H and O–H groups in total. The second-order valence-electron chi connectivity index (χ2n) is 9.54. The molecule has 0 bridgehead atoms. The van der Waals surface area contributed by atoms with Gasteiger partial charge in [0.1, 0.15) is 24.0 Å². The summed E-state index contributed by atoms with van der Waals surface area (Å²) in [6.45, 7) is 2.21. The predicted octanol–water partition coefficient (Wildman–Crippen LogP) is 2.99. The van der Waals surface area contributed by atoms with Crippen LogP contribution >= 0.6 is 0 Å². The summed E-state index contributed by atoms with van der Waals surface area (Å²) in [6.07, 6.45) is -3.16. The molecular weight excluding hydrogens is 503 g/mol. The summed E-state index contributed by atoms with van der Waals surface area (Å²) in [6, 6.07) is 9.62.